The molecule has 3 heterocycles. The minimum absolute atomic E-state index is 0.109. The maximum Gasteiger partial charge on any atom is 0.266 e. The highest BCUT2D eigenvalue weighted by atomic mass is 32.1. The lowest BCUT2D eigenvalue weighted by atomic mass is 10.1. The number of aromatic amines is 1. The van der Waals surface area contributed by atoms with Crippen molar-refractivity contribution < 1.29 is 14.3 Å². The van der Waals surface area contributed by atoms with Crippen LogP contribution in [0.3, 0.4) is 0 Å². The summed E-state index contributed by atoms with van der Waals surface area (Å²) in [6.45, 7) is 3.67. The number of fused-ring (bicyclic) bond motifs is 1. The van der Waals surface area contributed by atoms with Crippen LogP contribution in [0.2, 0.25) is 0 Å². The molecule has 0 saturated heterocycles. The molecule has 4 rings (SSSR count). The van der Waals surface area contributed by atoms with Gasteiger partial charge in [0.25, 0.3) is 5.56 Å². The Bertz CT molecular complexity index is 1340. The molecule has 160 valence electrons. The molecule has 4 aromatic rings. The minimum Gasteiger partial charge on any atom is -0.497 e. The zero-order valence-electron chi connectivity index (χ0n) is 17.5. The second kappa shape index (κ2) is 8.23. The molecular weight excluding hydrogens is 418 g/mol. The number of rotatable bonds is 6. The number of hydrogen-bond acceptors (Lipinski definition) is 7. The molecule has 10 heteroatoms. The first-order valence-corrected chi connectivity index (χ1v) is 10.3. The molecule has 0 saturated carbocycles. The molecule has 0 fully saturated rings. The fourth-order valence-electron chi connectivity index (χ4n) is 3.40. The molecule has 0 aliphatic rings. The van der Waals surface area contributed by atoms with Crippen molar-refractivity contribution in [3.63, 3.8) is 0 Å². The van der Waals surface area contributed by atoms with Gasteiger partial charge in [0.15, 0.2) is 10.8 Å². The molecular formula is C21H21N5O4S. The van der Waals surface area contributed by atoms with E-state index in [0.29, 0.717) is 33.7 Å². The predicted molar refractivity (Wildman–Crippen MR) is 118 cm³/mol. The van der Waals surface area contributed by atoms with Gasteiger partial charge in [-0.1, -0.05) is 0 Å². The number of hydrogen-bond donors (Lipinski definition) is 2. The van der Waals surface area contributed by atoms with E-state index in [1.54, 1.807) is 18.7 Å². The van der Waals surface area contributed by atoms with Gasteiger partial charge in [0.2, 0.25) is 5.91 Å². The topological polar surface area (TPSA) is 111 Å². The van der Waals surface area contributed by atoms with Gasteiger partial charge in [0.1, 0.15) is 11.5 Å². The Hall–Kier alpha value is -3.66. The van der Waals surface area contributed by atoms with E-state index < -0.39 is 0 Å². The Kier molecular flexibility index (Phi) is 5.47. The SMILES string of the molecule is COc1ccc(OC)c(-c2csc(NC(=O)Cc3c(C)nc4cc(=O)[nH]n4c3C)n2)c1. The highest BCUT2D eigenvalue weighted by molar-refractivity contribution is 7.14. The average molecular weight is 439 g/mol. The summed E-state index contributed by atoms with van der Waals surface area (Å²) in [5.41, 5.74) is 3.96. The number of nitrogens with one attached hydrogen (secondary N) is 2. The molecule has 0 bridgehead atoms. The van der Waals surface area contributed by atoms with Crippen LogP contribution in [-0.4, -0.2) is 39.7 Å². The Labute approximate surface area is 181 Å². The van der Waals surface area contributed by atoms with Gasteiger partial charge in [0.05, 0.1) is 26.3 Å². The van der Waals surface area contributed by atoms with Crippen LogP contribution >= 0.6 is 11.3 Å². The Morgan fingerprint density at radius 3 is 2.74 bits per heavy atom. The van der Waals surface area contributed by atoms with Crippen molar-refractivity contribution in [3.8, 4) is 22.8 Å². The maximum atomic E-state index is 12.7. The molecule has 0 radical (unpaired) electrons. The predicted octanol–water partition coefficient (Wildman–Crippen LogP) is 2.96. The highest BCUT2D eigenvalue weighted by Gasteiger charge is 2.16. The zero-order valence-corrected chi connectivity index (χ0v) is 18.3. The Morgan fingerprint density at radius 2 is 2.00 bits per heavy atom. The molecule has 0 spiro atoms. The van der Waals surface area contributed by atoms with Crippen molar-refractivity contribution in [2.24, 2.45) is 0 Å². The van der Waals surface area contributed by atoms with Crippen LogP contribution in [0.25, 0.3) is 16.9 Å². The maximum absolute atomic E-state index is 12.7. The number of carbonyl (C=O) groups is 1. The fourth-order valence-corrected chi connectivity index (χ4v) is 4.13. The first-order chi connectivity index (χ1) is 14.9. The van der Waals surface area contributed by atoms with E-state index in [-0.39, 0.29) is 17.9 Å². The fraction of sp³-hybridized carbons (Fsp3) is 0.238. The van der Waals surface area contributed by atoms with Crippen molar-refractivity contribution >= 4 is 28.0 Å². The van der Waals surface area contributed by atoms with Crippen LogP contribution in [0.4, 0.5) is 5.13 Å². The van der Waals surface area contributed by atoms with Gasteiger partial charge in [-0.05, 0) is 32.0 Å². The number of anilines is 1. The second-order valence-electron chi connectivity index (χ2n) is 6.90. The third-order valence-electron chi connectivity index (χ3n) is 4.97. The van der Waals surface area contributed by atoms with Gasteiger partial charge in [-0.2, -0.15) is 0 Å². The third kappa shape index (κ3) is 4.02. The second-order valence-corrected chi connectivity index (χ2v) is 7.76. The number of ether oxygens (including phenoxy) is 2. The van der Waals surface area contributed by atoms with E-state index in [1.807, 2.05) is 37.4 Å². The summed E-state index contributed by atoms with van der Waals surface area (Å²) in [6, 6.07) is 6.88. The number of methoxy groups -OCH3 is 2. The summed E-state index contributed by atoms with van der Waals surface area (Å²) in [6.07, 6.45) is 0.109. The number of carbonyl (C=O) groups excluding carboxylic acids is 1. The zero-order chi connectivity index (χ0) is 22.1. The molecule has 2 N–H and O–H groups in total. The van der Waals surface area contributed by atoms with E-state index in [2.05, 4.69) is 20.4 Å². The van der Waals surface area contributed by atoms with Crippen molar-refractivity contribution in [3.05, 3.63) is 57.0 Å². The van der Waals surface area contributed by atoms with Gasteiger partial charge in [-0.15, -0.1) is 11.3 Å². The summed E-state index contributed by atoms with van der Waals surface area (Å²) in [7, 11) is 3.19. The molecule has 0 aliphatic carbocycles. The molecule has 1 amide bonds. The van der Waals surface area contributed by atoms with E-state index in [4.69, 9.17) is 9.47 Å². The lowest BCUT2D eigenvalue weighted by Crippen LogP contribution is -2.17. The van der Waals surface area contributed by atoms with Gasteiger partial charge in [-0.3, -0.25) is 14.7 Å². The van der Waals surface area contributed by atoms with Crippen molar-refractivity contribution in [2.45, 2.75) is 20.3 Å². The van der Waals surface area contributed by atoms with Crippen LogP contribution in [0.15, 0.2) is 34.4 Å². The van der Waals surface area contributed by atoms with Crippen molar-refractivity contribution in [1.82, 2.24) is 19.6 Å². The lowest BCUT2D eigenvalue weighted by Gasteiger charge is -2.11. The van der Waals surface area contributed by atoms with Gasteiger partial charge >= 0.3 is 0 Å². The van der Waals surface area contributed by atoms with E-state index in [0.717, 1.165) is 16.8 Å². The summed E-state index contributed by atoms with van der Waals surface area (Å²) in [5, 5.41) is 7.86. The number of thiazole rings is 1. The number of nitrogens with zero attached hydrogens (tertiary/aromatic N) is 3. The number of H-pyrrole nitrogens is 1. The molecule has 9 nitrogen and oxygen atoms in total. The third-order valence-corrected chi connectivity index (χ3v) is 5.73. The summed E-state index contributed by atoms with van der Waals surface area (Å²) in [4.78, 5) is 33.2. The van der Waals surface area contributed by atoms with E-state index in [1.165, 1.54) is 17.4 Å². The number of aryl methyl sites for hydroxylation is 2. The Balaban J connectivity index is 1.55. The minimum atomic E-state index is -0.236. The monoisotopic (exact) mass is 439 g/mol. The number of amides is 1. The van der Waals surface area contributed by atoms with Crippen molar-refractivity contribution in [2.75, 3.05) is 19.5 Å². The van der Waals surface area contributed by atoms with Crippen LogP contribution in [0.1, 0.15) is 17.0 Å². The van der Waals surface area contributed by atoms with Crippen molar-refractivity contribution in [1.29, 1.82) is 0 Å². The first-order valence-electron chi connectivity index (χ1n) is 9.45. The molecule has 31 heavy (non-hydrogen) atoms. The smallest absolute Gasteiger partial charge is 0.266 e. The van der Waals surface area contributed by atoms with Crippen LogP contribution in [0.5, 0.6) is 11.5 Å². The molecule has 3 aromatic heterocycles. The van der Waals surface area contributed by atoms with Gasteiger partial charge < -0.3 is 14.8 Å². The largest absolute Gasteiger partial charge is 0.497 e. The van der Waals surface area contributed by atoms with Crippen LogP contribution < -0.4 is 20.3 Å². The van der Waals surface area contributed by atoms with Gasteiger partial charge in [0, 0.05) is 34.0 Å². The standard InChI is InChI=1S/C21H21N5O4S/c1-11-14(12(2)26-18(22-11)9-20(28)25-26)8-19(27)24-21-23-16(10-31-21)15-7-13(29-3)5-6-17(15)30-4/h5-7,9-10H,8H2,1-4H3,(H,25,28)(H,23,24,27). The first kappa shape index (κ1) is 20.6. The molecule has 0 unspecified atom stereocenters. The summed E-state index contributed by atoms with van der Waals surface area (Å²) in [5.74, 6) is 1.13. The number of benzene rings is 1. The highest BCUT2D eigenvalue weighted by Crippen LogP contribution is 2.35. The quantitative estimate of drug-likeness (QED) is 0.478. The van der Waals surface area contributed by atoms with Crippen LogP contribution in [0, 0.1) is 13.8 Å². The van der Waals surface area contributed by atoms with E-state index in [9.17, 15) is 9.59 Å². The summed E-state index contributed by atoms with van der Waals surface area (Å²) < 4.78 is 12.3. The van der Waals surface area contributed by atoms with E-state index >= 15 is 0 Å². The van der Waals surface area contributed by atoms with Gasteiger partial charge in [-0.25, -0.2) is 14.5 Å². The summed E-state index contributed by atoms with van der Waals surface area (Å²) >= 11 is 1.32. The Morgan fingerprint density at radius 1 is 1.19 bits per heavy atom. The van der Waals surface area contributed by atoms with Crippen LogP contribution in [-0.2, 0) is 11.2 Å². The average Bonchev–Trinajstić information content (AvgIpc) is 3.36. The lowest BCUT2D eigenvalue weighted by molar-refractivity contribution is -0.115. The molecule has 0 aliphatic heterocycles. The number of aromatic nitrogens is 4. The normalized spacial score (nSPS) is 11.0. The molecule has 1 aromatic carbocycles. The molecule has 0 atom stereocenters.